The average molecular weight is 190 g/mol. The summed E-state index contributed by atoms with van der Waals surface area (Å²) in [6, 6.07) is 1.39. The van der Waals surface area contributed by atoms with Crippen LogP contribution in [0, 0.1) is 0 Å². The fourth-order valence-electron chi connectivity index (χ4n) is 0.719. The molecule has 4 nitrogen and oxygen atoms in total. The summed E-state index contributed by atoms with van der Waals surface area (Å²) >= 11 is 0. The van der Waals surface area contributed by atoms with E-state index in [1.807, 2.05) is 0 Å². The molecule has 0 radical (unpaired) electrons. The molecule has 0 aliphatic rings. The van der Waals surface area contributed by atoms with Crippen LogP contribution in [0.5, 0.6) is 5.75 Å². The first-order valence-corrected chi connectivity index (χ1v) is 2.97. The van der Waals surface area contributed by atoms with Gasteiger partial charge in [-0.15, -0.1) is 12.4 Å². The zero-order valence-corrected chi connectivity index (χ0v) is 7.17. The quantitative estimate of drug-likeness (QED) is 0.760. The largest absolute Gasteiger partial charge is 0.494 e. The molecule has 1 N–H and O–H groups in total. The van der Waals surface area contributed by atoms with E-state index in [1.54, 1.807) is 0 Å². The van der Waals surface area contributed by atoms with Crippen molar-refractivity contribution in [3.63, 3.8) is 0 Å². The first kappa shape index (κ1) is 10.7. The molecule has 1 aromatic heterocycles. The third kappa shape index (κ3) is 2.10. The molecule has 0 aliphatic heterocycles. The number of pyridine rings is 1. The van der Waals surface area contributed by atoms with E-state index >= 15 is 0 Å². The lowest BCUT2D eigenvalue weighted by Gasteiger charge is -2.01. The Bertz CT molecular complexity index is 277. The predicted molar refractivity (Wildman–Crippen MR) is 45.0 cm³/mol. The molecule has 0 spiro atoms. The lowest BCUT2D eigenvalue weighted by atomic mass is 10.2. The van der Waals surface area contributed by atoms with E-state index in [2.05, 4.69) is 4.98 Å². The van der Waals surface area contributed by atoms with Crippen LogP contribution in [0.3, 0.4) is 0 Å². The van der Waals surface area contributed by atoms with Crippen LogP contribution in [0.4, 0.5) is 0 Å². The van der Waals surface area contributed by atoms with Crippen molar-refractivity contribution >= 4 is 18.4 Å². The molecule has 66 valence electrons. The Kier molecular flexibility index (Phi) is 4.07. The molecule has 1 heterocycles. The monoisotopic (exact) mass is 189 g/mol. The Morgan fingerprint density at radius 2 is 2.33 bits per heavy atom. The van der Waals surface area contributed by atoms with Gasteiger partial charge in [0.05, 0.1) is 13.3 Å². The summed E-state index contributed by atoms with van der Waals surface area (Å²) < 4.78 is 4.76. The van der Waals surface area contributed by atoms with Gasteiger partial charge in [-0.3, -0.25) is 4.98 Å². The van der Waals surface area contributed by atoms with Crippen LogP contribution in [0.25, 0.3) is 0 Å². The van der Waals surface area contributed by atoms with Crippen molar-refractivity contribution in [3.05, 3.63) is 24.0 Å². The van der Waals surface area contributed by atoms with E-state index in [1.165, 1.54) is 25.6 Å². The number of aromatic carboxylic acids is 1. The van der Waals surface area contributed by atoms with Crippen molar-refractivity contribution in [2.45, 2.75) is 0 Å². The van der Waals surface area contributed by atoms with E-state index < -0.39 is 5.97 Å². The Morgan fingerprint density at radius 1 is 1.67 bits per heavy atom. The standard InChI is InChI=1S/C7H7NO3.ClH/c1-11-6-4-8-3-2-5(6)7(9)10;/h2-4H,1H3,(H,9,10);1H. The number of halogens is 1. The minimum atomic E-state index is -1.01. The summed E-state index contributed by atoms with van der Waals surface area (Å²) in [7, 11) is 1.41. The summed E-state index contributed by atoms with van der Waals surface area (Å²) in [5.74, 6) is -0.732. The second-order valence-corrected chi connectivity index (χ2v) is 1.88. The number of methoxy groups -OCH3 is 1. The van der Waals surface area contributed by atoms with Gasteiger partial charge in [-0.1, -0.05) is 0 Å². The fraction of sp³-hybridized carbons (Fsp3) is 0.143. The van der Waals surface area contributed by atoms with Crippen molar-refractivity contribution in [2.75, 3.05) is 7.11 Å². The van der Waals surface area contributed by atoms with E-state index in [9.17, 15) is 4.79 Å². The number of hydrogen-bond donors (Lipinski definition) is 1. The molecule has 0 saturated heterocycles. The highest BCUT2D eigenvalue weighted by Gasteiger charge is 2.08. The smallest absolute Gasteiger partial charge is 0.339 e. The minimum Gasteiger partial charge on any atom is -0.494 e. The molecule has 1 aromatic rings. The maximum Gasteiger partial charge on any atom is 0.339 e. The number of aromatic nitrogens is 1. The molecule has 0 unspecified atom stereocenters. The molecule has 0 bridgehead atoms. The van der Waals surface area contributed by atoms with Crippen LogP contribution in [0.15, 0.2) is 18.5 Å². The van der Waals surface area contributed by atoms with Crippen molar-refractivity contribution in [2.24, 2.45) is 0 Å². The first-order valence-electron chi connectivity index (χ1n) is 2.97. The molecule has 0 saturated carbocycles. The summed E-state index contributed by atoms with van der Waals surface area (Å²) in [6.07, 6.45) is 2.77. The van der Waals surface area contributed by atoms with E-state index in [-0.39, 0.29) is 23.7 Å². The molecule has 1 rings (SSSR count). The van der Waals surface area contributed by atoms with Gasteiger partial charge in [0, 0.05) is 6.20 Å². The summed E-state index contributed by atoms with van der Waals surface area (Å²) in [5, 5.41) is 8.59. The zero-order valence-electron chi connectivity index (χ0n) is 6.35. The minimum absolute atomic E-state index is 0. The van der Waals surface area contributed by atoms with E-state index in [0.717, 1.165) is 0 Å². The van der Waals surface area contributed by atoms with Gasteiger partial charge in [0.15, 0.2) is 5.75 Å². The third-order valence-electron chi connectivity index (χ3n) is 1.23. The highest BCUT2D eigenvalue weighted by Crippen LogP contribution is 2.14. The Balaban J connectivity index is 0.00000121. The number of nitrogens with zero attached hydrogens (tertiary/aromatic N) is 1. The molecular formula is C7H8ClNO3. The van der Waals surface area contributed by atoms with Crippen LogP contribution >= 0.6 is 12.4 Å². The lowest BCUT2D eigenvalue weighted by molar-refractivity contribution is 0.0693. The van der Waals surface area contributed by atoms with E-state index in [4.69, 9.17) is 9.84 Å². The van der Waals surface area contributed by atoms with Gasteiger partial charge >= 0.3 is 5.97 Å². The maximum absolute atomic E-state index is 10.5. The van der Waals surface area contributed by atoms with Gasteiger partial charge in [-0.05, 0) is 6.07 Å². The first-order chi connectivity index (χ1) is 5.25. The number of carboxylic acids is 1. The van der Waals surface area contributed by atoms with Gasteiger partial charge in [-0.2, -0.15) is 0 Å². The van der Waals surface area contributed by atoms with Gasteiger partial charge in [0.1, 0.15) is 5.56 Å². The van der Waals surface area contributed by atoms with Crippen molar-refractivity contribution in [3.8, 4) is 5.75 Å². The van der Waals surface area contributed by atoms with Gasteiger partial charge in [-0.25, -0.2) is 4.79 Å². The van der Waals surface area contributed by atoms with Gasteiger partial charge < -0.3 is 9.84 Å². The zero-order chi connectivity index (χ0) is 8.27. The molecule has 12 heavy (non-hydrogen) atoms. The normalized spacial score (nSPS) is 8.42. The Morgan fingerprint density at radius 3 is 2.75 bits per heavy atom. The molecule has 5 heteroatoms. The maximum atomic E-state index is 10.5. The number of ether oxygens (including phenoxy) is 1. The second kappa shape index (κ2) is 4.56. The fourth-order valence-corrected chi connectivity index (χ4v) is 0.719. The Labute approximate surface area is 75.6 Å². The molecular weight excluding hydrogens is 182 g/mol. The van der Waals surface area contributed by atoms with Crippen molar-refractivity contribution in [1.82, 2.24) is 4.98 Å². The van der Waals surface area contributed by atoms with Crippen molar-refractivity contribution < 1.29 is 14.6 Å². The van der Waals surface area contributed by atoms with Crippen LogP contribution in [0.2, 0.25) is 0 Å². The highest BCUT2D eigenvalue weighted by molar-refractivity contribution is 5.90. The van der Waals surface area contributed by atoms with Crippen LogP contribution in [0.1, 0.15) is 10.4 Å². The van der Waals surface area contributed by atoms with Crippen LogP contribution in [-0.4, -0.2) is 23.2 Å². The topological polar surface area (TPSA) is 59.4 Å². The number of rotatable bonds is 2. The van der Waals surface area contributed by atoms with Crippen LogP contribution in [-0.2, 0) is 0 Å². The summed E-state index contributed by atoms with van der Waals surface area (Å²) in [4.78, 5) is 14.2. The number of carboxylic acid groups (broad SMARTS) is 1. The lowest BCUT2D eigenvalue weighted by Crippen LogP contribution is -2.00. The molecule has 0 aliphatic carbocycles. The van der Waals surface area contributed by atoms with Gasteiger partial charge in [0.25, 0.3) is 0 Å². The van der Waals surface area contributed by atoms with Crippen molar-refractivity contribution in [1.29, 1.82) is 0 Å². The SMILES string of the molecule is COc1cnccc1C(=O)O.Cl. The molecule has 0 aromatic carbocycles. The Hall–Kier alpha value is -1.29. The number of carbonyl (C=O) groups is 1. The van der Waals surface area contributed by atoms with Crippen LogP contribution < -0.4 is 4.74 Å². The summed E-state index contributed by atoms with van der Waals surface area (Å²) in [5.41, 5.74) is 0.127. The molecule has 0 amide bonds. The highest BCUT2D eigenvalue weighted by atomic mass is 35.5. The third-order valence-corrected chi connectivity index (χ3v) is 1.23. The molecule has 0 fully saturated rings. The molecule has 0 atom stereocenters. The average Bonchev–Trinajstić information content (AvgIpc) is 2.04. The summed E-state index contributed by atoms with van der Waals surface area (Å²) in [6.45, 7) is 0. The second-order valence-electron chi connectivity index (χ2n) is 1.88. The van der Waals surface area contributed by atoms with Gasteiger partial charge in [0.2, 0.25) is 0 Å². The van der Waals surface area contributed by atoms with E-state index in [0.29, 0.717) is 0 Å². The number of hydrogen-bond acceptors (Lipinski definition) is 3. The predicted octanol–water partition coefficient (Wildman–Crippen LogP) is 1.21.